The monoisotopic (exact) mass is 808 g/mol. The van der Waals surface area contributed by atoms with Gasteiger partial charge in [0, 0.05) is 44.1 Å². The third-order valence-electron chi connectivity index (χ3n) is 11.4. The molecular formula is C41H42F6O10. The highest BCUT2D eigenvalue weighted by atomic mass is 19.4. The Morgan fingerprint density at radius 3 is 1.84 bits per heavy atom. The molecule has 57 heavy (non-hydrogen) atoms. The molecule has 2 bridgehead atoms. The highest BCUT2D eigenvalue weighted by molar-refractivity contribution is 6.19. The maximum atomic E-state index is 14.8. The third kappa shape index (κ3) is 6.73. The van der Waals surface area contributed by atoms with Crippen LogP contribution in [0.4, 0.5) is 26.3 Å². The van der Waals surface area contributed by atoms with Gasteiger partial charge in [-0.2, -0.15) is 26.3 Å². The van der Waals surface area contributed by atoms with Crippen LogP contribution < -0.4 is 0 Å². The van der Waals surface area contributed by atoms with E-state index in [0.717, 1.165) is 44.6 Å². The van der Waals surface area contributed by atoms with E-state index in [0.29, 0.717) is 0 Å². The van der Waals surface area contributed by atoms with Gasteiger partial charge in [0.1, 0.15) is 17.3 Å². The van der Waals surface area contributed by atoms with Crippen LogP contribution >= 0.6 is 0 Å². The number of halogens is 6. The van der Waals surface area contributed by atoms with Crippen molar-refractivity contribution in [3.8, 4) is 0 Å². The van der Waals surface area contributed by atoms with E-state index >= 15 is 0 Å². The van der Waals surface area contributed by atoms with Gasteiger partial charge in [0.15, 0.2) is 23.2 Å². The smallest absolute Gasteiger partial charge is 0.432 e. The molecule has 0 radical (unpaired) electrons. The largest absolute Gasteiger partial charge is 0.482 e. The van der Waals surface area contributed by atoms with Gasteiger partial charge in [-0.3, -0.25) is 4.79 Å². The molecule has 1 saturated carbocycles. The number of carbonyl (C=O) groups is 4. The normalized spacial score (nSPS) is 27.4. The minimum absolute atomic E-state index is 0.0201. The standard InChI is InChI=1S/C41H42F6O10/c1-8-27-31(55-35(51)39(53-7,41(45,46)47)26-18-14-11-15-19-26)36(5)24(4)22-37(27)32(56-36)30(33(49)57-37)28(48)21-20-23(3)29(9-2)54-34(50)38(52-6,40(42,43)44)25-16-12-10-13-17-25/h8-19,23-24,27,29,31H,1-2,20-22H2,3-7H3/t23-,24-,27-,29-,31-,36-,37-,38-,39-/m1/s1. The summed E-state index contributed by atoms with van der Waals surface area (Å²) in [5.41, 5.74) is -12.0. The first-order valence-electron chi connectivity index (χ1n) is 17.9. The van der Waals surface area contributed by atoms with Gasteiger partial charge in [-0.25, -0.2) is 14.4 Å². The fourth-order valence-corrected chi connectivity index (χ4v) is 8.08. The van der Waals surface area contributed by atoms with Gasteiger partial charge in [0.05, 0.1) is 5.92 Å². The molecule has 1 spiro atoms. The number of hydrogen-bond donors (Lipinski definition) is 0. The molecule has 10 nitrogen and oxygen atoms in total. The zero-order valence-corrected chi connectivity index (χ0v) is 31.7. The average Bonchev–Trinajstić information content (AvgIpc) is 3.44. The average molecular weight is 809 g/mol. The van der Waals surface area contributed by atoms with Gasteiger partial charge in [-0.05, 0) is 19.3 Å². The Morgan fingerprint density at radius 2 is 1.39 bits per heavy atom. The summed E-state index contributed by atoms with van der Waals surface area (Å²) in [6, 6.07) is 12.4. The summed E-state index contributed by atoms with van der Waals surface area (Å²) in [7, 11) is 1.44. The molecule has 0 aromatic heterocycles. The van der Waals surface area contributed by atoms with Gasteiger partial charge >= 0.3 is 30.3 Å². The predicted octanol–water partition coefficient (Wildman–Crippen LogP) is 7.37. The second kappa shape index (κ2) is 15.4. The van der Waals surface area contributed by atoms with Crippen molar-refractivity contribution in [3.63, 3.8) is 0 Å². The van der Waals surface area contributed by atoms with Gasteiger partial charge in [0.2, 0.25) is 0 Å². The number of methoxy groups -OCH3 is 2. The number of esters is 3. The topological polar surface area (TPSA) is 124 Å². The Hall–Kier alpha value is -4.96. The number of carbonyl (C=O) groups excluding carboxylic acids is 4. The first-order chi connectivity index (χ1) is 26.7. The van der Waals surface area contributed by atoms with Crippen LogP contribution in [0.1, 0.15) is 51.2 Å². The number of Topliss-reactive ketones (excluding diaryl/α,β-unsaturated/α-hetero) is 1. The van der Waals surface area contributed by atoms with Gasteiger partial charge in [0.25, 0.3) is 11.2 Å². The number of ketones is 1. The van der Waals surface area contributed by atoms with Crippen molar-refractivity contribution in [3.05, 3.63) is 108 Å². The number of alkyl halides is 6. The molecule has 308 valence electrons. The first kappa shape index (κ1) is 43.2. The van der Waals surface area contributed by atoms with Crippen LogP contribution in [0.25, 0.3) is 0 Å². The Balaban J connectivity index is 1.40. The van der Waals surface area contributed by atoms with Crippen molar-refractivity contribution in [2.45, 2.75) is 87.0 Å². The molecule has 2 saturated heterocycles. The Morgan fingerprint density at radius 1 is 0.877 bits per heavy atom. The van der Waals surface area contributed by atoms with E-state index in [4.69, 9.17) is 28.4 Å². The molecule has 0 amide bonds. The molecule has 9 atom stereocenters. The fourth-order valence-electron chi connectivity index (χ4n) is 8.08. The molecule has 2 aromatic carbocycles. The van der Waals surface area contributed by atoms with Crippen LogP contribution in [0.15, 0.2) is 97.3 Å². The zero-order valence-electron chi connectivity index (χ0n) is 31.7. The van der Waals surface area contributed by atoms with Crippen molar-refractivity contribution >= 4 is 23.7 Å². The highest BCUT2D eigenvalue weighted by Gasteiger charge is 2.74. The van der Waals surface area contributed by atoms with Gasteiger partial charge < -0.3 is 28.4 Å². The van der Waals surface area contributed by atoms with E-state index in [1.54, 1.807) is 6.92 Å². The second-order valence-electron chi connectivity index (χ2n) is 14.5. The van der Waals surface area contributed by atoms with Crippen LogP contribution in [0.5, 0.6) is 0 Å². The molecule has 0 unspecified atom stereocenters. The third-order valence-corrected chi connectivity index (χ3v) is 11.4. The van der Waals surface area contributed by atoms with E-state index in [1.807, 2.05) is 0 Å². The lowest BCUT2D eigenvalue weighted by Crippen LogP contribution is -2.70. The van der Waals surface area contributed by atoms with E-state index in [1.165, 1.54) is 56.3 Å². The number of benzene rings is 2. The molecule has 0 N–H and O–H groups in total. The Labute approximate surface area is 324 Å². The van der Waals surface area contributed by atoms with Gasteiger partial charge in [-0.1, -0.05) is 93.2 Å². The van der Waals surface area contributed by atoms with Crippen molar-refractivity contribution in [1.82, 2.24) is 0 Å². The summed E-state index contributed by atoms with van der Waals surface area (Å²) < 4.78 is 121. The molecular weight excluding hydrogens is 766 g/mol. The minimum atomic E-state index is -5.29. The van der Waals surface area contributed by atoms with Crippen LogP contribution in [-0.4, -0.2) is 73.7 Å². The predicted molar refractivity (Wildman–Crippen MR) is 189 cm³/mol. The molecule has 3 aliphatic heterocycles. The lowest BCUT2D eigenvalue weighted by molar-refractivity contribution is -0.299. The van der Waals surface area contributed by atoms with Crippen LogP contribution in [-0.2, 0) is 58.8 Å². The van der Waals surface area contributed by atoms with E-state index in [2.05, 4.69) is 13.2 Å². The van der Waals surface area contributed by atoms with Gasteiger partial charge in [-0.15, -0.1) is 6.58 Å². The summed E-state index contributed by atoms with van der Waals surface area (Å²) in [5, 5.41) is 0. The van der Waals surface area contributed by atoms with Crippen molar-refractivity contribution in [2.24, 2.45) is 17.8 Å². The summed E-state index contributed by atoms with van der Waals surface area (Å²) in [5.74, 6) is -8.30. The highest BCUT2D eigenvalue weighted by Crippen LogP contribution is 2.61. The summed E-state index contributed by atoms with van der Waals surface area (Å²) >= 11 is 0. The Kier molecular flexibility index (Phi) is 11.7. The van der Waals surface area contributed by atoms with Crippen molar-refractivity contribution in [1.29, 1.82) is 0 Å². The molecule has 3 heterocycles. The maximum Gasteiger partial charge on any atom is 0.432 e. The maximum absolute atomic E-state index is 14.8. The molecule has 3 fully saturated rings. The SMILES string of the molecule is C=C[C@@H]1[C@@H](OC(=O)[C@](OC)(c2ccccc2)C(F)(F)F)[C@]2(C)OC3=C(C(=O)CC[C@@H](C)[C@@H](C=C)OC(=O)[C@](OC)(c4ccccc4)C(F)(F)F)C(=O)O[C@@]31C[C@H]2C. The molecule has 2 aromatic rings. The summed E-state index contributed by atoms with van der Waals surface area (Å²) in [4.78, 5) is 54.4. The van der Waals surface area contributed by atoms with Crippen LogP contribution in [0.3, 0.4) is 0 Å². The molecule has 16 heteroatoms. The fraction of sp³-hybridized carbons (Fsp3) is 0.463. The van der Waals surface area contributed by atoms with Crippen LogP contribution in [0, 0.1) is 17.8 Å². The van der Waals surface area contributed by atoms with E-state index < -0.39 is 112 Å². The number of rotatable bonds is 15. The summed E-state index contributed by atoms with van der Waals surface area (Å²) in [6.07, 6.45) is -11.6. The minimum Gasteiger partial charge on any atom is -0.482 e. The Bertz CT molecular complexity index is 1930. The lowest BCUT2D eigenvalue weighted by atomic mass is 9.59. The summed E-state index contributed by atoms with van der Waals surface area (Å²) in [6.45, 7) is 12.0. The first-order valence-corrected chi connectivity index (χ1v) is 17.9. The molecule has 4 aliphatic rings. The zero-order chi connectivity index (χ0) is 42.4. The molecule has 6 rings (SSSR count). The second-order valence-corrected chi connectivity index (χ2v) is 14.5. The lowest BCUT2D eigenvalue weighted by Gasteiger charge is -2.60. The number of ether oxygens (including phenoxy) is 6. The number of fused-ring (bicyclic) bond motifs is 2. The van der Waals surface area contributed by atoms with E-state index in [9.17, 15) is 45.5 Å². The van der Waals surface area contributed by atoms with Crippen molar-refractivity contribution < 1.29 is 73.9 Å². The van der Waals surface area contributed by atoms with Crippen LogP contribution in [0.2, 0.25) is 0 Å². The number of hydrogen-bond acceptors (Lipinski definition) is 10. The quantitative estimate of drug-likeness (QED) is 0.0593. The van der Waals surface area contributed by atoms with E-state index in [-0.39, 0.29) is 18.6 Å². The molecule has 1 aliphatic carbocycles. The van der Waals surface area contributed by atoms with Crippen molar-refractivity contribution in [2.75, 3.05) is 14.2 Å².